The molecule has 0 aliphatic carbocycles. The number of hydrogen-bond donors (Lipinski definition) is 2. The van der Waals surface area contributed by atoms with E-state index in [-0.39, 0.29) is 23.8 Å². The number of carbonyl (C=O) groups is 2. The molecule has 3 heterocycles. The molecular formula is C21H24N4O3S. The van der Waals surface area contributed by atoms with Gasteiger partial charge in [0.05, 0.1) is 13.2 Å². The Morgan fingerprint density at radius 3 is 2.79 bits per heavy atom. The van der Waals surface area contributed by atoms with Crippen molar-refractivity contribution in [2.75, 3.05) is 20.2 Å². The molecule has 8 heteroatoms. The SMILES string of the molecule is COc1cccc2[nH]c(C(=O)N3CCC([C@H](NC(C)=O)c4nccs4)CC3)cc12. The van der Waals surface area contributed by atoms with Crippen LogP contribution in [0.2, 0.25) is 0 Å². The number of H-pyrrole nitrogens is 1. The molecule has 0 unspecified atom stereocenters. The molecule has 1 aromatic carbocycles. The molecule has 0 spiro atoms. The number of hydrogen-bond acceptors (Lipinski definition) is 5. The average Bonchev–Trinajstić information content (AvgIpc) is 3.41. The van der Waals surface area contributed by atoms with Gasteiger partial charge in [0.1, 0.15) is 16.5 Å². The number of aromatic amines is 1. The first-order valence-corrected chi connectivity index (χ1v) is 10.6. The lowest BCUT2D eigenvalue weighted by Crippen LogP contribution is -2.42. The number of likely N-dealkylation sites (tertiary alicyclic amines) is 1. The summed E-state index contributed by atoms with van der Waals surface area (Å²) in [6, 6.07) is 7.49. The highest BCUT2D eigenvalue weighted by Crippen LogP contribution is 2.33. The van der Waals surface area contributed by atoms with Crippen LogP contribution in [0.25, 0.3) is 10.9 Å². The molecule has 29 heavy (non-hydrogen) atoms. The molecule has 4 rings (SSSR count). The minimum absolute atomic E-state index is 0.00738. The van der Waals surface area contributed by atoms with E-state index in [0.717, 1.165) is 34.5 Å². The van der Waals surface area contributed by atoms with Crippen LogP contribution in [0.4, 0.5) is 0 Å². The van der Waals surface area contributed by atoms with E-state index in [1.165, 1.54) is 6.92 Å². The number of amides is 2. The number of carbonyl (C=O) groups excluding carboxylic acids is 2. The van der Waals surface area contributed by atoms with Crippen molar-refractivity contribution < 1.29 is 14.3 Å². The Bertz CT molecular complexity index is 1010. The highest BCUT2D eigenvalue weighted by atomic mass is 32.1. The molecule has 0 bridgehead atoms. The maximum Gasteiger partial charge on any atom is 0.270 e. The number of methoxy groups -OCH3 is 1. The third-order valence-electron chi connectivity index (χ3n) is 5.45. The van der Waals surface area contributed by atoms with Gasteiger partial charge in [0.2, 0.25) is 5.91 Å². The van der Waals surface area contributed by atoms with E-state index in [2.05, 4.69) is 15.3 Å². The summed E-state index contributed by atoms with van der Waals surface area (Å²) in [7, 11) is 1.63. The Balaban J connectivity index is 1.46. The molecule has 0 saturated carbocycles. The molecular weight excluding hydrogens is 388 g/mol. The number of benzene rings is 1. The van der Waals surface area contributed by atoms with Crippen LogP contribution in [0.15, 0.2) is 35.8 Å². The summed E-state index contributed by atoms with van der Waals surface area (Å²) in [5.74, 6) is 0.942. The fourth-order valence-corrected chi connectivity index (χ4v) is 4.80. The number of nitrogens with zero attached hydrogens (tertiary/aromatic N) is 2. The Hall–Kier alpha value is -2.87. The first kappa shape index (κ1) is 19.4. The van der Waals surface area contributed by atoms with Gasteiger partial charge in [-0.3, -0.25) is 9.59 Å². The van der Waals surface area contributed by atoms with Crippen LogP contribution in [0, 0.1) is 5.92 Å². The van der Waals surface area contributed by atoms with Crippen LogP contribution in [-0.2, 0) is 4.79 Å². The number of aromatic nitrogens is 2. The van der Waals surface area contributed by atoms with E-state index in [0.29, 0.717) is 18.8 Å². The van der Waals surface area contributed by atoms with Crippen molar-refractivity contribution in [3.05, 3.63) is 46.5 Å². The second-order valence-corrected chi connectivity index (χ2v) is 8.21. The van der Waals surface area contributed by atoms with Crippen LogP contribution in [0.1, 0.15) is 41.3 Å². The van der Waals surface area contributed by atoms with Crippen LogP contribution in [0.5, 0.6) is 5.75 Å². The van der Waals surface area contributed by atoms with Gasteiger partial charge >= 0.3 is 0 Å². The molecule has 0 radical (unpaired) electrons. The molecule has 152 valence electrons. The molecule has 1 fully saturated rings. The van der Waals surface area contributed by atoms with Crippen molar-refractivity contribution in [2.45, 2.75) is 25.8 Å². The van der Waals surface area contributed by atoms with E-state index in [1.54, 1.807) is 24.6 Å². The summed E-state index contributed by atoms with van der Waals surface area (Å²) in [6.45, 7) is 2.83. The average molecular weight is 413 g/mol. The summed E-state index contributed by atoms with van der Waals surface area (Å²) in [6.07, 6.45) is 3.40. The maximum absolute atomic E-state index is 13.0. The molecule has 2 aromatic heterocycles. The standard InChI is InChI=1S/C21H24N4O3S/c1-13(26)23-19(20-22-8-11-29-20)14-6-9-25(10-7-14)21(27)17-12-15-16(24-17)4-3-5-18(15)28-2/h3-5,8,11-12,14,19,24H,6-7,9-10H2,1-2H3,(H,23,26)/t19-/m0/s1. The molecule has 1 saturated heterocycles. The van der Waals surface area contributed by atoms with Crippen molar-refractivity contribution in [2.24, 2.45) is 5.92 Å². The van der Waals surface area contributed by atoms with Gasteiger partial charge in [-0.1, -0.05) is 6.07 Å². The zero-order valence-corrected chi connectivity index (χ0v) is 17.3. The molecule has 7 nitrogen and oxygen atoms in total. The smallest absolute Gasteiger partial charge is 0.270 e. The maximum atomic E-state index is 13.0. The monoisotopic (exact) mass is 412 g/mol. The predicted octanol–water partition coefficient (Wildman–Crippen LogP) is 3.36. The number of piperidine rings is 1. The van der Waals surface area contributed by atoms with Gasteiger partial charge in [0, 0.05) is 42.5 Å². The van der Waals surface area contributed by atoms with Crippen molar-refractivity contribution in [3.8, 4) is 5.75 Å². The Kier molecular flexibility index (Phi) is 5.53. The highest BCUT2D eigenvalue weighted by Gasteiger charge is 2.32. The summed E-state index contributed by atoms with van der Waals surface area (Å²) in [5, 5.41) is 6.80. The lowest BCUT2D eigenvalue weighted by molar-refractivity contribution is -0.120. The van der Waals surface area contributed by atoms with E-state index >= 15 is 0 Å². The molecule has 3 aromatic rings. The zero-order valence-electron chi connectivity index (χ0n) is 16.5. The lowest BCUT2D eigenvalue weighted by Gasteiger charge is -2.35. The largest absolute Gasteiger partial charge is 0.496 e. The van der Waals surface area contributed by atoms with Crippen molar-refractivity contribution in [1.82, 2.24) is 20.2 Å². The number of rotatable bonds is 5. The normalized spacial score (nSPS) is 16.0. The molecule has 1 atom stereocenters. The van der Waals surface area contributed by atoms with Crippen molar-refractivity contribution >= 4 is 34.1 Å². The second kappa shape index (κ2) is 8.24. The fourth-order valence-electron chi connectivity index (χ4n) is 4.02. The first-order valence-electron chi connectivity index (χ1n) is 9.68. The molecule has 1 aliphatic rings. The summed E-state index contributed by atoms with van der Waals surface area (Å²) >= 11 is 1.55. The molecule has 2 amide bonds. The van der Waals surface area contributed by atoms with Gasteiger partial charge in [0.25, 0.3) is 5.91 Å². The van der Waals surface area contributed by atoms with Gasteiger partial charge in [-0.15, -0.1) is 11.3 Å². The van der Waals surface area contributed by atoms with Gasteiger partial charge < -0.3 is 19.9 Å². The number of thiazole rings is 1. The quantitative estimate of drug-likeness (QED) is 0.673. The minimum Gasteiger partial charge on any atom is -0.496 e. The van der Waals surface area contributed by atoms with Gasteiger partial charge in [0.15, 0.2) is 0 Å². The first-order chi connectivity index (χ1) is 14.1. The molecule has 1 aliphatic heterocycles. The minimum atomic E-state index is -0.0953. The van der Waals surface area contributed by atoms with Gasteiger partial charge in [-0.25, -0.2) is 4.98 Å². The zero-order chi connectivity index (χ0) is 20.4. The Morgan fingerprint density at radius 1 is 1.34 bits per heavy atom. The lowest BCUT2D eigenvalue weighted by atomic mass is 9.89. The number of fused-ring (bicyclic) bond motifs is 1. The summed E-state index contributed by atoms with van der Waals surface area (Å²) in [5.41, 5.74) is 1.46. The van der Waals surface area contributed by atoms with Crippen LogP contribution in [0.3, 0.4) is 0 Å². The summed E-state index contributed by atoms with van der Waals surface area (Å²) < 4.78 is 5.39. The van der Waals surface area contributed by atoms with Crippen molar-refractivity contribution in [1.29, 1.82) is 0 Å². The third kappa shape index (κ3) is 3.98. The fraction of sp³-hybridized carbons (Fsp3) is 0.381. The Labute approximate surface area is 173 Å². The predicted molar refractivity (Wildman–Crippen MR) is 112 cm³/mol. The van der Waals surface area contributed by atoms with Crippen molar-refractivity contribution in [3.63, 3.8) is 0 Å². The summed E-state index contributed by atoms with van der Waals surface area (Å²) in [4.78, 5) is 34.2. The van der Waals surface area contributed by atoms with Gasteiger partial charge in [-0.2, -0.15) is 0 Å². The van der Waals surface area contributed by atoms with E-state index in [4.69, 9.17) is 4.74 Å². The van der Waals surface area contributed by atoms with Crippen LogP contribution >= 0.6 is 11.3 Å². The topological polar surface area (TPSA) is 87.3 Å². The van der Waals surface area contributed by atoms with Gasteiger partial charge in [-0.05, 0) is 37.0 Å². The highest BCUT2D eigenvalue weighted by molar-refractivity contribution is 7.09. The van der Waals surface area contributed by atoms with Crippen LogP contribution < -0.4 is 10.1 Å². The van der Waals surface area contributed by atoms with Crippen LogP contribution in [-0.4, -0.2) is 46.9 Å². The van der Waals surface area contributed by atoms with E-state index < -0.39 is 0 Å². The number of ether oxygens (including phenoxy) is 1. The van der Waals surface area contributed by atoms with E-state index in [9.17, 15) is 9.59 Å². The third-order valence-corrected chi connectivity index (χ3v) is 6.31. The van der Waals surface area contributed by atoms with E-state index in [1.807, 2.05) is 34.5 Å². The second-order valence-electron chi connectivity index (χ2n) is 7.28. The number of nitrogens with one attached hydrogen (secondary N) is 2. The Morgan fingerprint density at radius 2 is 2.14 bits per heavy atom. The molecule has 2 N–H and O–H groups in total.